The topological polar surface area (TPSA) is 69.8 Å². The van der Waals surface area contributed by atoms with Gasteiger partial charge in [0.2, 0.25) is 5.91 Å². The molecule has 5 heteroatoms. The standard InChI is InChI=1S/C10H16N4O/c15-10-9(3-1-2-5-11-10)12-7-8-4-6-13-14-8/h4,6,9,12H,1-3,5,7H2,(H,11,15)(H,13,14). The summed E-state index contributed by atoms with van der Waals surface area (Å²) >= 11 is 0. The molecule has 0 aliphatic carbocycles. The van der Waals surface area contributed by atoms with E-state index in [2.05, 4.69) is 20.8 Å². The minimum atomic E-state index is -0.0594. The van der Waals surface area contributed by atoms with Crippen LogP contribution in [0.2, 0.25) is 0 Å². The molecule has 1 fully saturated rings. The van der Waals surface area contributed by atoms with Crippen LogP contribution in [0.1, 0.15) is 25.0 Å². The molecular formula is C10H16N4O. The van der Waals surface area contributed by atoms with E-state index in [1.54, 1.807) is 6.20 Å². The molecule has 1 aromatic rings. The Balaban J connectivity index is 1.84. The Hall–Kier alpha value is -1.36. The molecule has 1 unspecified atom stereocenters. The average Bonchev–Trinajstić information content (AvgIpc) is 2.67. The average molecular weight is 208 g/mol. The van der Waals surface area contributed by atoms with Crippen molar-refractivity contribution in [2.45, 2.75) is 31.8 Å². The molecule has 15 heavy (non-hydrogen) atoms. The number of aromatic amines is 1. The Morgan fingerprint density at radius 2 is 2.47 bits per heavy atom. The number of carbonyl (C=O) groups is 1. The molecule has 0 bridgehead atoms. The molecule has 1 amide bonds. The molecule has 3 N–H and O–H groups in total. The third-order valence-corrected chi connectivity index (χ3v) is 2.63. The number of amides is 1. The van der Waals surface area contributed by atoms with Crippen LogP contribution in [-0.4, -0.2) is 28.7 Å². The van der Waals surface area contributed by atoms with Gasteiger partial charge in [0.05, 0.1) is 6.04 Å². The third-order valence-electron chi connectivity index (χ3n) is 2.63. The van der Waals surface area contributed by atoms with E-state index in [1.165, 1.54) is 0 Å². The Morgan fingerprint density at radius 3 is 3.27 bits per heavy atom. The van der Waals surface area contributed by atoms with Gasteiger partial charge in [-0.15, -0.1) is 0 Å². The first kappa shape index (κ1) is 10.2. The lowest BCUT2D eigenvalue weighted by atomic mass is 10.1. The van der Waals surface area contributed by atoms with Crippen molar-refractivity contribution in [3.63, 3.8) is 0 Å². The van der Waals surface area contributed by atoms with Gasteiger partial charge in [0.15, 0.2) is 0 Å². The maximum Gasteiger partial charge on any atom is 0.237 e. The summed E-state index contributed by atoms with van der Waals surface area (Å²) < 4.78 is 0. The summed E-state index contributed by atoms with van der Waals surface area (Å²) in [6.45, 7) is 1.47. The number of H-pyrrole nitrogens is 1. The fraction of sp³-hybridized carbons (Fsp3) is 0.600. The van der Waals surface area contributed by atoms with E-state index in [4.69, 9.17) is 0 Å². The summed E-state index contributed by atoms with van der Waals surface area (Å²) in [5.41, 5.74) is 1.01. The minimum Gasteiger partial charge on any atom is -0.355 e. The van der Waals surface area contributed by atoms with Gasteiger partial charge in [0, 0.05) is 25.0 Å². The molecule has 82 valence electrons. The molecule has 1 aromatic heterocycles. The summed E-state index contributed by atoms with van der Waals surface area (Å²) in [5.74, 6) is 0.118. The van der Waals surface area contributed by atoms with E-state index in [0.29, 0.717) is 6.54 Å². The maximum absolute atomic E-state index is 11.6. The first-order valence-electron chi connectivity index (χ1n) is 5.35. The fourth-order valence-electron chi connectivity index (χ4n) is 1.75. The molecule has 0 saturated carbocycles. The molecule has 0 radical (unpaired) electrons. The van der Waals surface area contributed by atoms with Gasteiger partial charge in [-0.25, -0.2) is 0 Å². The van der Waals surface area contributed by atoms with Crippen molar-refractivity contribution in [2.24, 2.45) is 0 Å². The van der Waals surface area contributed by atoms with Crippen molar-refractivity contribution < 1.29 is 4.79 Å². The van der Waals surface area contributed by atoms with Crippen molar-refractivity contribution in [3.05, 3.63) is 18.0 Å². The minimum absolute atomic E-state index is 0.0594. The Bertz CT molecular complexity index is 309. The van der Waals surface area contributed by atoms with Crippen LogP contribution in [0.25, 0.3) is 0 Å². The fourth-order valence-corrected chi connectivity index (χ4v) is 1.75. The number of hydrogen-bond donors (Lipinski definition) is 3. The van der Waals surface area contributed by atoms with Gasteiger partial charge in [-0.05, 0) is 25.3 Å². The van der Waals surface area contributed by atoms with Crippen molar-refractivity contribution in [3.8, 4) is 0 Å². The first-order chi connectivity index (χ1) is 7.36. The second-order valence-corrected chi connectivity index (χ2v) is 3.80. The monoisotopic (exact) mass is 208 g/mol. The predicted molar refractivity (Wildman–Crippen MR) is 56.1 cm³/mol. The van der Waals surface area contributed by atoms with E-state index in [0.717, 1.165) is 31.5 Å². The normalized spacial score (nSPS) is 22.1. The van der Waals surface area contributed by atoms with Crippen LogP contribution >= 0.6 is 0 Å². The van der Waals surface area contributed by atoms with Crippen molar-refractivity contribution in [2.75, 3.05) is 6.54 Å². The summed E-state index contributed by atoms with van der Waals surface area (Å²) in [5, 5.41) is 12.8. The van der Waals surface area contributed by atoms with Crippen molar-refractivity contribution in [1.82, 2.24) is 20.8 Å². The van der Waals surface area contributed by atoms with Gasteiger partial charge in [0.25, 0.3) is 0 Å². The Kier molecular flexibility index (Phi) is 3.34. The maximum atomic E-state index is 11.6. The van der Waals surface area contributed by atoms with E-state index in [1.807, 2.05) is 6.07 Å². The molecule has 1 aliphatic heterocycles. The summed E-state index contributed by atoms with van der Waals surface area (Å²) in [7, 11) is 0. The smallest absolute Gasteiger partial charge is 0.237 e. The molecule has 1 aliphatic rings. The SMILES string of the molecule is O=C1NCCCCC1NCc1ccn[nH]1. The van der Waals surface area contributed by atoms with Gasteiger partial charge in [-0.2, -0.15) is 5.10 Å². The lowest BCUT2D eigenvalue weighted by Gasteiger charge is -2.14. The molecule has 2 rings (SSSR count). The lowest BCUT2D eigenvalue weighted by molar-refractivity contribution is -0.122. The van der Waals surface area contributed by atoms with E-state index in [9.17, 15) is 4.79 Å². The summed E-state index contributed by atoms with van der Waals surface area (Å²) in [4.78, 5) is 11.6. The van der Waals surface area contributed by atoms with Gasteiger partial charge in [-0.1, -0.05) is 0 Å². The van der Waals surface area contributed by atoms with Gasteiger partial charge >= 0.3 is 0 Å². The van der Waals surface area contributed by atoms with E-state index >= 15 is 0 Å². The van der Waals surface area contributed by atoms with E-state index < -0.39 is 0 Å². The molecular weight excluding hydrogens is 192 g/mol. The van der Waals surface area contributed by atoms with Crippen molar-refractivity contribution >= 4 is 5.91 Å². The van der Waals surface area contributed by atoms with Gasteiger partial charge < -0.3 is 10.6 Å². The van der Waals surface area contributed by atoms with Crippen LogP contribution in [0.5, 0.6) is 0 Å². The number of nitrogens with one attached hydrogen (secondary N) is 3. The Labute approximate surface area is 88.6 Å². The van der Waals surface area contributed by atoms with Crippen LogP contribution in [0.3, 0.4) is 0 Å². The molecule has 5 nitrogen and oxygen atoms in total. The number of rotatable bonds is 3. The molecule has 0 aromatic carbocycles. The van der Waals surface area contributed by atoms with Crippen LogP contribution in [0.15, 0.2) is 12.3 Å². The molecule has 2 heterocycles. The largest absolute Gasteiger partial charge is 0.355 e. The third kappa shape index (κ3) is 2.79. The zero-order valence-corrected chi connectivity index (χ0v) is 8.62. The second-order valence-electron chi connectivity index (χ2n) is 3.80. The number of aromatic nitrogens is 2. The Morgan fingerprint density at radius 1 is 1.53 bits per heavy atom. The van der Waals surface area contributed by atoms with E-state index in [-0.39, 0.29) is 11.9 Å². The van der Waals surface area contributed by atoms with Gasteiger partial charge in [-0.3, -0.25) is 9.89 Å². The molecule has 1 atom stereocenters. The second kappa shape index (κ2) is 4.93. The highest BCUT2D eigenvalue weighted by atomic mass is 16.2. The van der Waals surface area contributed by atoms with Gasteiger partial charge in [0.1, 0.15) is 0 Å². The quantitative estimate of drug-likeness (QED) is 0.663. The first-order valence-corrected chi connectivity index (χ1v) is 5.35. The molecule has 0 spiro atoms. The molecule has 1 saturated heterocycles. The number of hydrogen-bond acceptors (Lipinski definition) is 3. The number of nitrogens with zero attached hydrogens (tertiary/aromatic N) is 1. The zero-order valence-electron chi connectivity index (χ0n) is 8.62. The van der Waals surface area contributed by atoms with Crippen LogP contribution < -0.4 is 10.6 Å². The highest BCUT2D eigenvalue weighted by molar-refractivity contribution is 5.81. The van der Waals surface area contributed by atoms with Crippen LogP contribution in [0.4, 0.5) is 0 Å². The zero-order chi connectivity index (χ0) is 10.5. The highest BCUT2D eigenvalue weighted by Crippen LogP contribution is 2.05. The highest BCUT2D eigenvalue weighted by Gasteiger charge is 2.19. The summed E-state index contributed by atoms with van der Waals surface area (Å²) in [6, 6.07) is 1.84. The van der Waals surface area contributed by atoms with Crippen LogP contribution in [0, 0.1) is 0 Å². The van der Waals surface area contributed by atoms with Crippen molar-refractivity contribution in [1.29, 1.82) is 0 Å². The van der Waals surface area contributed by atoms with Crippen LogP contribution in [-0.2, 0) is 11.3 Å². The lowest BCUT2D eigenvalue weighted by Crippen LogP contribution is -2.42. The number of carbonyl (C=O) groups excluding carboxylic acids is 1. The predicted octanol–water partition coefficient (Wildman–Crippen LogP) is 0.168. The summed E-state index contributed by atoms with van der Waals surface area (Å²) in [6.07, 6.45) is 4.80.